The minimum Gasteiger partial charge on any atom is -0.493 e. The third kappa shape index (κ3) is 14.6. The first kappa shape index (κ1) is 52.3. The highest BCUT2D eigenvalue weighted by Crippen LogP contribution is 2.36. The van der Waals surface area contributed by atoms with E-state index in [0.29, 0.717) is 53.0 Å². The lowest BCUT2D eigenvalue weighted by atomic mass is 10.1. The molecule has 4 aromatic rings. The van der Waals surface area contributed by atoms with E-state index in [0.717, 1.165) is 109 Å². The van der Waals surface area contributed by atoms with Crippen molar-refractivity contribution < 1.29 is 33.2 Å². The van der Waals surface area contributed by atoms with Gasteiger partial charge in [0.05, 0.1) is 68.1 Å². The Kier molecular flexibility index (Phi) is 20.7. The van der Waals surface area contributed by atoms with Gasteiger partial charge in [-0.1, -0.05) is 13.8 Å². The van der Waals surface area contributed by atoms with Gasteiger partial charge in [-0.3, -0.25) is 9.79 Å². The van der Waals surface area contributed by atoms with Crippen molar-refractivity contribution in [3.63, 3.8) is 0 Å². The van der Waals surface area contributed by atoms with Crippen molar-refractivity contribution in [1.82, 2.24) is 4.90 Å². The summed E-state index contributed by atoms with van der Waals surface area (Å²) in [6.07, 6.45) is 8.36. The first-order valence-electron chi connectivity index (χ1n) is 22.7. The molecule has 0 radical (unpaired) electrons. The van der Waals surface area contributed by atoms with E-state index in [2.05, 4.69) is 58.9 Å². The van der Waals surface area contributed by atoms with Gasteiger partial charge in [-0.2, -0.15) is 10.5 Å². The van der Waals surface area contributed by atoms with Crippen molar-refractivity contribution in [1.29, 1.82) is 10.5 Å². The summed E-state index contributed by atoms with van der Waals surface area (Å²) in [5.74, 6) is 2.79. The third-order valence-corrected chi connectivity index (χ3v) is 14.1. The van der Waals surface area contributed by atoms with Crippen LogP contribution in [0.15, 0.2) is 65.7 Å². The van der Waals surface area contributed by atoms with Gasteiger partial charge < -0.3 is 43.1 Å². The highest BCUT2D eigenvalue weighted by Gasteiger charge is 2.26. The largest absolute Gasteiger partial charge is 0.493 e. The predicted molar refractivity (Wildman–Crippen MR) is 274 cm³/mol. The number of ether oxygens (including phenoxy) is 6. The summed E-state index contributed by atoms with van der Waals surface area (Å²) in [6.45, 7) is 11.2. The topological polar surface area (TPSA) is 142 Å². The third-order valence-electron chi connectivity index (χ3n) is 11.9. The van der Waals surface area contributed by atoms with Crippen LogP contribution < -0.4 is 28.7 Å². The van der Waals surface area contributed by atoms with E-state index >= 15 is 0 Å². The van der Waals surface area contributed by atoms with Crippen LogP contribution in [0.3, 0.4) is 0 Å². The number of carbonyl (C=O) groups excluding carboxylic acids is 1. The molecule has 0 saturated carbocycles. The first-order chi connectivity index (χ1) is 32.2. The quantitative estimate of drug-likeness (QED) is 0.0258. The molecule has 4 heterocycles. The molecule has 2 saturated heterocycles. The molecular formula is C51H63ClN6O7S2. The predicted octanol–water partition coefficient (Wildman–Crippen LogP) is 10.5. The summed E-state index contributed by atoms with van der Waals surface area (Å²) in [4.78, 5) is 27.2. The summed E-state index contributed by atoms with van der Waals surface area (Å²) in [7, 11) is 6.34. The number of hydrogen-bond donors (Lipinski definition) is 0. The number of benzene rings is 2. The van der Waals surface area contributed by atoms with Crippen molar-refractivity contribution in [2.45, 2.75) is 71.0 Å². The van der Waals surface area contributed by atoms with Gasteiger partial charge in [0, 0.05) is 74.6 Å². The lowest BCUT2D eigenvalue weighted by Gasteiger charge is -2.33. The second-order valence-corrected chi connectivity index (χ2v) is 18.2. The minimum atomic E-state index is -0.223. The van der Waals surface area contributed by atoms with Crippen molar-refractivity contribution in [2.75, 3.05) is 90.6 Å². The molecule has 2 aromatic heterocycles. The number of methoxy groups -OCH3 is 4. The zero-order chi connectivity index (χ0) is 46.8. The second kappa shape index (κ2) is 26.6. The Balaban J connectivity index is 0.00000840. The highest BCUT2D eigenvalue weighted by atomic mass is 35.5. The van der Waals surface area contributed by atoms with Gasteiger partial charge in [0.1, 0.15) is 12.2 Å². The van der Waals surface area contributed by atoms with Gasteiger partial charge in [-0.05, 0) is 110 Å². The summed E-state index contributed by atoms with van der Waals surface area (Å²) >= 11 is 3.30. The van der Waals surface area contributed by atoms with Crippen molar-refractivity contribution in [3.05, 3.63) is 81.5 Å². The van der Waals surface area contributed by atoms with Crippen molar-refractivity contribution in [3.8, 4) is 35.1 Å². The number of rotatable bonds is 21. The van der Waals surface area contributed by atoms with Crippen LogP contribution in [0, 0.1) is 22.7 Å². The summed E-state index contributed by atoms with van der Waals surface area (Å²) < 4.78 is 34.2. The van der Waals surface area contributed by atoms with Crippen molar-refractivity contribution in [2.24, 2.45) is 4.99 Å². The first-order valence-corrected chi connectivity index (χ1v) is 24.3. The van der Waals surface area contributed by atoms with Gasteiger partial charge >= 0.3 is 5.97 Å². The fourth-order valence-electron chi connectivity index (χ4n) is 8.08. The molecule has 67 heavy (non-hydrogen) atoms. The molecule has 13 nitrogen and oxygen atoms in total. The monoisotopic (exact) mass is 970 g/mol. The zero-order valence-corrected chi connectivity index (χ0v) is 41.9. The van der Waals surface area contributed by atoms with Crippen LogP contribution in [0.1, 0.15) is 79.7 Å². The fourth-order valence-corrected chi connectivity index (χ4v) is 10.1. The fraction of sp³-hybridized carbons (Fsp3) is 0.451. The van der Waals surface area contributed by atoms with Gasteiger partial charge in [0.25, 0.3) is 0 Å². The van der Waals surface area contributed by atoms with E-state index in [4.69, 9.17) is 33.4 Å². The second-order valence-electron chi connectivity index (χ2n) is 16.0. The van der Waals surface area contributed by atoms with Crippen molar-refractivity contribution >= 4 is 80.2 Å². The number of allylic oxidation sites excluding steroid dienone is 2. The maximum Gasteiger partial charge on any atom is 0.306 e. The molecular weight excluding hydrogens is 908 g/mol. The molecule has 0 unspecified atom stereocenters. The number of thiophene rings is 2. The maximum atomic E-state index is 13.3. The van der Waals surface area contributed by atoms with Gasteiger partial charge in [0.15, 0.2) is 28.9 Å². The van der Waals surface area contributed by atoms with E-state index in [1.54, 1.807) is 57.2 Å². The molecule has 0 amide bonds. The molecule has 2 aliphatic heterocycles. The Morgan fingerprint density at radius 1 is 0.687 bits per heavy atom. The number of carbonyl (C=O) groups is 1. The van der Waals surface area contributed by atoms with E-state index < -0.39 is 0 Å². The van der Waals surface area contributed by atoms with E-state index in [1.807, 2.05) is 48.6 Å². The number of hydrogen-bond acceptors (Lipinski definition) is 15. The normalized spacial score (nSPS) is 15.1. The Hall–Kier alpha value is -5.71. The van der Waals surface area contributed by atoms with Crippen LogP contribution in [0.25, 0.3) is 23.3 Å². The Labute approximate surface area is 410 Å². The van der Waals surface area contributed by atoms with Crippen LogP contribution in [-0.4, -0.2) is 110 Å². The van der Waals surface area contributed by atoms with Crippen LogP contribution in [-0.2, 0) is 14.3 Å². The molecule has 358 valence electrons. The van der Waals surface area contributed by atoms with Crippen LogP contribution in [0.2, 0.25) is 0 Å². The van der Waals surface area contributed by atoms with Crippen LogP contribution in [0.4, 0.5) is 10.0 Å². The summed E-state index contributed by atoms with van der Waals surface area (Å²) in [5.41, 5.74) is 2.61. The molecule has 6 rings (SSSR count). The Bertz CT molecular complexity index is 2400. The number of aliphatic imine (C=N–C) groups is 1. The molecule has 0 aliphatic carbocycles. The van der Waals surface area contributed by atoms with Gasteiger partial charge in [-0.15, -0.1) is 35.1 Å². The number of halogens is 1. The van der Waals surface area contributed by atoms with Gasteiger partial charge in [-0.25, -0.2) is 0 Å². The number of esters is 1. The summed E-state index contributed by atoms with van der Waals surface area (Å²) in [5, 5.41) is 22.2. The number of nitrogens with zero attached hydrogens (tertiary/aromatic N) is 6. The standard InChI is InChI=1S/C51H62N6O7S2.ClH/c1-7-55(8-2)25-9-24-54-48(63-40-20-26-56(27-21-40)49-17-12-42(65-49)30-38(34-52)36-10-14-44(59-3)46(32-36)61-5)16-19-51(58)64-41-22-28-57(29-23-41)50-18-13-43(66-50)31-39(35-53)37-11-15-45(60-4)47(33-37)62-6;/h10-15,17-18,30-33,40-41H,7-9,16,19-29H2,1-6H3;1H. The smallest absolute Gasteiger partial charge is 0.306 e. The number of anilines is 2. The van der Waals surface area contributed by atoms with E-state index in [9.17, 15) is 15.3 Å². The Morgan fingerprint density at radius 3 is 1.58 bits per heavy atom. The maximum absolute atomic E-state index is 13.3. The SMILES string of the molecule is CCN(CC)CCCN=C(CCC(=O)OC1CCN(c2ccc(C=C(C#N)c3ccc(OC)c(OC)c3)s2)CC1)OC1CCN(c2ccc(C=C(C#N)c3ccc(OC)c(OC)c3)s2)CC1.Cl. The molecule has 2 aromatic carbocycles. The highest BCUT2D eigenvalue weighted by molar-refractivity contribution is 7.17. The average Bonchev–Trinajstić information content (AvgIpc) is 4.04. The summed E-state index contributed by atoms with van der Waals surface area (Å²) in [6, 6.07) is 23.9. The van der Waals surface area contributed by atoms with Crippen LogP contribution in [0.5, 0.6) is 23.0 Å². The minimum absolute atomic E-state index is 0. The lowest BCUT2D eigenvalue weighted by Crippen LogP contribution is -2.38. The average molecular weight is 972 g/mol. The molecule has 0 N–H and O–H groups in total. The zero-order valence-electron chi connectivity index (χ0n) is 39.5. The molecule has 0 spiro atoms. The van der Waals surface area contributed by atoms with Crippen LogP contribution >= 0.6 is 35.1 Å². The molecule has 2 aliphatic rings. The number of piperidine rings is 2. The molecule has 0 bridgehead atoms. The van der Waals surface area contributed by atoms with E-state index in [1.165, 1.54) is 0 Å². The molecule has 16 heteroatoms. The lowest BCUT2D eigenvalue weighted by molar-refractivity contribution is -0.149. The Morgan fingerprint density at radius 2 is 1.15 bits per heavy atom. The molecule has 2 fully saturated rings. The van der Waals surface area contributed by atoms with E-state index in [-0.39, 0.29) is 37.0 Å². The molecule has 0 atom stereocenters. The van der Waals surface area contributed by atoms with Gasteiger partial charge in [0.2, 0.25) is 0 Å². The number of nitriles is 2.